The largest absolute Gasteiger partial charge is 0.481 e. The minimum atomic E-state index is -0.944. The number of carbonyl (C=O) groups excluding carboxylic acids is 1. The number of ether oxygens (including phenoxy) is 1. The third-order valence-electron chi connectivity index (χ3n) is 3.33. The molecule has 2 rings (SSSR count). The van der Waals surface area contributed by atoms with Crippen molar-refractivity contribution in [1.82, 2.24) is 14.7 Å². The van der Waals surface area contributed by atoms with Crippen LogP contribution in [0.1, 0.15) is 6.92 Å². The van der Waals surface area contributed by atoms with Gasteiger partial charge in [-0.25, -0.2) is 4.79 Å². The summed E-state index contributed by atoms with van der Waals surface area (Å²) in [5.74, 6) is -1.63. The van der Waals surface area contributed by atoms with Gasteiger partial charge in [0, 0.05) is 19.8 Å². The summed E-state index contributed by atoms with van der Waals surface area (Å²) in [6.07, 6.45) is 3.21. The molecule has 1 saturated heterocycles. The molecule has 0 aliphatic carbocycles. The lowest BCUT2D eigenvalue weighted by atomic mass is 10.0. The Balaban J connectivity index is 2.07. The van der Waals surface area contributed by atoms with Crippen molar-refractivity contribution < 1.29 is 19.4 Å². The molecule has 0 spiro atoms. The van der Waals surface area contributed by atoms with Crippen LogP contribution in [-0.2, 0) is 16.6 Å². The minimum Gasteiger partial charge on any atom is -0.481 e. The smallest absolute Gasteiger partial charge is 0.322 e. The molecule has 1 aromatic heterocycles. The van der Waals surface area contributed by atoms with Crippen molar-refractivity contribution in [3.05, 3.63) is 12.4 Å². The quantitative estimate of drug-likeness (QED) is 0.832. The molecule has 0 saturated carbocycles. The van der Waals surface area contributed by atoms with Crippen LogP contribution < -0.4 is 5.32 Å². The van der Waals surface area contributed by atoms with Gasteiger partial charge in [-0.2, -0.15) is 5.10 Å². The average molecular weight is 282 g/mol. The summed E-state index contributed by atoms with van der Waals surface area (Å²) in [6, 6.07) is -0.795. The molecule has 1 fully saturated rings. The second-order valence-electron chi connectivity index (χ2n) is 4.67. The van der Waals surface area contributed by atoms with E-state index in [0.717, 1.165) is 0 Å². The second-order valence-corrected chi connectivity index (χ2v) is 4.67. The standard InChI is InChI=1S/C12H18N4O4/c1-3-16(10-7-20-6-9(10)11(17)18)12(19)14-8-4-13-15(2)5-8/h4-5,9-10H,3,6-7H2,1-2H3,(H,14,19)(H,17,18). The lowest BCUT2D eigenvalue weighted by Gasteiger charge is -2.29. The van der Waals surface area contributed by atoms with Crippen LogP contribution in [0, 0.1) is 5.92 Å². The Morgan fingerprint density at radius 1 is 1.60 bits per heavy atom. The molecule has 2 heterocycles. The molecule has 1 aliphatic heterocycles. The highest BCUT2D eigenvalue weighted by molar-refractivity contribution is 5.89. The van der Waals surface area contributed by atoms with Crippen LogP contribution >= 0.6 is 0 Å². The van der Waals surface area contributed by atoms with Crippen molar-refractivity contribution in [2.45, 2.75) is 13.0 Å². The fourth-order valence-corrected chi connectivity index (χ4v) is 2.30. The number of nitrogens with zero attached hydrogens (tertiary/aromatic N) is 3. The number of carboxylic acid groups (broad SMARTS) is 1. The van der Waals surface area contributed by atoms with Crippen molar-refractivity contribution in [3.8, 4) is 0 Å². The van der Waals surface area contributed by atoms with Gasteiger partial charge >= 0.3 is 12.0 Å². The number of aromatic nitrogens is 2. The highest BCUT2D eigenvalue weighted by Gasteiger charge is 2.39. The van der Waals surface area contributed by atoms with Gasteiger partial charge in [-0.05, 0) is 6.92 Å². The van der Waals surface area contributed by atoms with E-state index in [1.807, 2.05) is 0 Å². The van der Waals surface area contributed by atoms with E-state index in [2.05, 4.69) is 10.4 Å². The van der Waals surface area contributed by atoms with Crippen molar-refractivity contribution in [2.75, 3.05) is 25.1 Å². The number of hydrogen-bond acceptors (Lipinski definition) is 4. The molecule has 0 aromatic carbocycles. The SMILES string of the molecule is CCN(C(=O)Nc1cnn(C)c1)C1COCC1C(=O)O. The maximum absolute atomic E-state index is 12.2. The number of nitrogens with one attached hydrogen (secondary N) is 1. The summed E-state index contributed by atoms with van der Waals surface area (Å²) in [4.78, 5) is 24.9. The molecule has 8 heteroatoms. The third kappa shape index (κ3) is 2.90. The van der Waals surface area contributed by atoms with Gasteiger partial charge in [0.2, 0.25) is 0 Å². The predicted molar refractivity (Wildman–Crippen MR) is 70.3 cm³/mol. The van der Waals surface area contributed by atoms with Crippen molar-refractivity contribution in [1.29, 1.82) is 0 Å². The van der Waals surface area contributed by atoms with Gasteiger partial charge < -0.3 is 20.1 Å². The Labute approximate surface area is 116 Å². The number of carbonyl (C=O) groups is 2. The number of hydrogen-bond donors (Lipinski definition) is 2. The van der Waals surface area contributed by atoms with E-state index in [9.17, 15) is 9.59 Å². The van der Waals surface area contributed by atoms with Crippen LogP contribution in [0.15, 0.2) is 12.4 Å². The van der Waals surface area contributed by atoms with E-state index in [4.69, 9.17) is 9.84 Å². The topological polar surface area (TPSA) is 96.7 Å². The Kier molecular flexibility index (Phi) is 4.23. The average Bonchev–Trinajstić information content (AvgIpc) is 3.00. The second kappa shape index (κ2) is 5.91. The van der Waals surface area contributed by atoms with Crippen LogP contribution in [0.4, 0.5) is 10.5 Å². The van der Waals surface area contributed by atoms with Gasteiger partial charge in [0.15, 0.2) is 0 Å². The molecule has 8 nitrogen and oxygen atoms in total. The number of rotatable bonds is 4. The molecule has 110 valence electrons. The Hall–Kier alpha value is -2.09. The zero-order chi connectivity index (χ0) is 14.7. The first-order valence-electron chi connectivity index (χ1n) is 6.39. The molecule has 1 aromatic rings. The number of urea groups is 1. The summed E-state index contributed by atoms with van der Waals surface area (Å²) >= 11 is 0. The molecular weight excluding hydrogens is 264 g/mol. The summed E-state index contributed by atoms with van der Waals surface area (Å²) in [6.45, 7) is 2.59. The minimum absolute atomic E-state index is 0.136. The first-order chi connectivity index (χ1) is 9.52. The zero-order valence-electron chi connectivity index (χ0n) is 11.4. The number of anilines is 1. The Bertz CT molecular complexity index is 501. The molecule has 0 radical (unpaired) electrons. The van der Waals surface area contributed by atoms with E-state index in [-0.39, 0.29) is 19.2 Å². The lowest BCUT2D eigenvalue weighted by Crippen LogP contribution is -2.48. The van der Waals surface area contributed by atoms with Crippen LogP contribution in [0.3, 0.4) is 0 Å². The summed E-state index contributed by atoms with van der Waals surface area (Å²) in [7, 11) is 1.75. The molecule has 2 atom stereocenters. The van der Waals surface area contributed by atoms with Gasteiger partial charge in [-0.15, -0.1) is 0 Å². The highest BCUT2D eigenvalue weighted by Crippen LogP contribution is 2.21. The van der Waals surface area contributed by atoms with Crippen molar-refractivity contribution in [2.24, 2.45) is 13.0 Å². The number of amides is 2. The normalized spacial score (nSPS) is 21.7. The molecule has 1 aliphatic rings. The van der Waals surface area contributed by atoms with Gasteiger partial charge in [0.25, 0.3) is 0 Å². The maximum atomic E-state index is 12.2. The Morgan fingerprint density at radius 3 is 2.90 bits per heavy atom. The van der Waals surface area contributed by atoms with Gasteiger partial charge in [0.05, 0.1) is 31.1 Å². The van der Waals surface area contributed by atoms with Crippen LogP contribution in [0.25, 0.3) is 0 Å². The van der Waals surface area contributed by atoms with Crippen LogP contribution in [-0.4, -0.2) is 57.6 Å². The van der Waals surface area contributed by atoms with E-state index < -0.39 is 17.9 Å². The summed E-state index contributed by atoms with van der Waals surface area (Å²) < 4.78 is 6.77. The first-order valence-corrected chi connectivity index (χ1v) is 6.39. The third-order valence-corrected chi connectivity index (χ3v) is 3.33. The molecule has 20 heavy (non-hydrogen) atoms. The molecule has 2 amide bonds. The summed E-state index contributed by atoms with van der Waals surface area (Å²) in [5, 5.41) is 15.8. The summed E-state index contributed by atoms with van der Waals surface area (Å²) in [5.41, 5.74) is 0.571. The molecule has 0 bridgehead atoms. The predicted octanol–water partition coefficient (Wildman–Crippen LogP) is 0.373. The number of aryl methyl sites for hydroxylation is 1. The lowest BCUT2D eigenvalue weighted by molar-refractivity contribution is -0.142. The molecule has 2 unspecified atom stereocenters. The van der Waals surface area contributed by atoms with E-state index >= 15 is 0 Å². The fourth-order valence-electron chi connectivity index (χ4n) is 2.30. The Morgan fingerprint density at radius 2 is 2.35 bits per heavy atom. The highest BCUT2D eigenvalue weighted by atomic mass is 16.5. The fraction of sp³-hybridized carbons (Fsp3) is 0.583. The first kappa shape index (κ1) is 14.3. The van der Waals surface area contributed by atoms with Crippen molar-refractivity contribution in [3.63, 3.8) is 0 Å². The monoisotopic (exact) mass is 282 g/mol. The van der Waals surface area contributed by atoms with E-state index in [0.29, 0.717) is 12.2 Å². The van der Waals surface area contributed by atoms with E-state index in [1.54, 1.807) is 24.9 Å². The number of aliphatic carboxylic acids is 1. The molecular formula is C12H18N4O4. The van der Waals surface area contributed by atoms with Gasteiger partial charge in [0.1, 0.15) is 5.92 Å². The number of likely N-dealkylation sites (N-methyl/N-ethyl adjacent to an activating group) is 1. The van der Waals surface area contributed by atoms with Crippen LogP contribution in [0.5, 0.6) is 0 Å². The number of carboxylic acids is 1. The van der Waals surface area contributed by atoms with Gasteiger partial charge in [-0.3, -0.25) is 9.48 Å². The van der Waals surface area contributed by atoms with Crippen molar-refractivity contribution >= 4 is 17.7 Å². The molecule has 2 N–H and O–H groups in total. The van der Waals surface area contributed by atoms with E-state index in [1.165, 1.54) is 11.1 Å². The maximum Gasteiger partial charge on any atom is 0.322 e. The zero-order valence-corrected chi connectivity index (χ0v) is 11.4. The van der Waals surface area contributed by atoms with Crippen LogP contribution in [0.2, 0.25) is 0 Å². The van der Waals surface area contributed by atoms with Gasteiger partial charge in [-0.1, -0.05) is 0 Å².